The summed E-state index contributed by atoms with van der Waals surface area (Å²) in [5.74, 6) is -6.47. The highest BCUT2D eigenvalue weighted by Crippen LogP contribution is 2.47. The molecule has 0 aliphatic carbocycles. The van der Waals surface area contributed by atoms with E-state index in [1.807, 2.05) is 4.90 Å². The maximum Gasteiger partial charge on any atom is 0.458 e. The number of carbonyl (C=O) groups excluding carboxylic acids is 1. The number of nitrogens with one attached hydrogen (secondary N) is 2. The van der Waals surface area contributed by atoms with Gasteiger partial charge in [0.25, 0.3) is 5.91 Å². The quantitative estimate of drug-likeness (QED) is 0.287. The monoisotopic (exact) mass is 565 g/mol. The van der Waals surface area contributed by atoms with Crippen molar-refractivity contribution in [3.8, 4) is 5.75 Å². The maximum atomic E-state index is 14.3. The molecule has 0 bridgehead atoms. The number of pyridine rings is 2. The van der Waals surface area contributed by atoms with Gasteiger partial charge in [-0.05, 0) is 67.9 Å². The van der Waals surface area contributed by atoms with E-state index < -0.39 is 42.0 Å². The van der Waals surface area contributed by atoms with Gasteiger partial charge in [-0.25, -0.2) is 4.98 Å². The first-order chi connectivity index (χ1) is 19.0. The number of nitrogens with zero attached hydrogens (tertiary/aromatic N) is 3. The minimum Gasteiger partial charge on any atom is -0.490 e. The van der Waals surface area contributed by atoms with Crippen molar-refractivity contribution in [1.29, 1.82) is 0 Å². The van der Waals surface area contributed by atoms with Crippen LogP contribution in [0.1, 0.15) is 34.3 Å². The molecule has 1 aromatic carbocycles. The Morgan fingerprint density at radius 2 is 1.77 bits per heavy atom. The van der Waals surface area contributed by atoms with Gasteiger partial charge in [0.2, 0.25) is 0 Å². The van der Waals surface area contributed by atoms with E-state index in [9.17, 15) is 31.9 Å². The molecule has 214 valence electrons. The van der Waals surface area contributed by atoms with Gasteiger partial charge in [-0.3, -0.25) is 9.78 Å². The van der Waals surface area contributed by atoms with Crippen LogP contribution in [-0.2, 0) is 12.5 Å². The highest BCUT2D eigenvalue weighted by molar-refractivity contribution is 6.07. The van der Waals surface area contributed by atoms with Gasteiger partial charge in [-0.2, -0.15) is 22.0 Å². The van der Waals surface area contributed by atoms with E-state index in [0.717, 1.165) is 43.6 Å². The van der Waals surface area contributed by atoms with Crippen LogP contribution in [-0.4, -0.2) is 64.4 Å². The van der Waals surface area contributed by atoms with Gasteiger partial charge in [0.1, 0.15) is 24.3 Å². The van der Waals surface area contributed by atoms with E-state index in [0.29, 0.717) is 12.6 Å². The number of aliphatic hydroxyl groups is 1. The third-order valence-electron chi connectivity index (χ3n) is 6.29. The lowest BCUT2D eigenvalue weighted by Crippen LogP contribution is -2.36. The molecule has 3 N–H and O–H groups in total. The van der Waals surface area contributed by atoms with Crippen molar-refractivity contribution in [2.45, 2.75) is 37.6 Å². The first kappa shape index (κ1) is 29.2. The molecule has 3 aromatic rings. The van der Waals surface area contributed by atoms with Gasteiger partial charge in [0, 0.05) is 43.4 Å². The molecule has 1 atom stereocenters. The zero-order valence-corrected chi connectivity index (χ0v) is 21.3. The third-order valence-corrected chi connectivity index (χ3v) is 6.29. The van der Waals surface area contributed by atoms with Gasteiger partial charge in [-0.15, -0.1) is 0 Å². The van der Waals surface area contributed by atoms with E-state index >= 15 is 0 Å². The minimum atomic E-state index is -5.88. The number of alkyl halides is 5. The van der Waals surface area contributed by atoms with Crippen LogP contribution in [0.25, 0.3) is 0 Å². The molecule has 40 heavy (non-hydrogen) atoms. The predicted octanol–water partition coefficient (Wildman–Crippen LogP) is 4.83. The molecule has 0 unspecified atom stereocenters. The number of halogens is 5. The number of β-amino-alcohol motifs (C(OH)–C–C–N with tert-alkyl or cyclic N) is 1. The van der Waals surface area contributed by atoms with Crippen LogP contribution in [0.5, 0.6) is 5.75 Å². The number of amides is 1. The van der Waals surface area contributed by atoms with Crippen LogP contribution in [0.2, 0.25) is 0 Å². The number of hydrogen-bond acceptors (Lipinski definition) is 7. The highest BCUT2D eigenvalue weighted by atomic mass is 19.4. The topological polar surface area (TPSA) is 99.6 Å². The molecule has 0 saturated carbocycles. The number of benzene rings is 1. The standard InChI is InChI=1S/C27H28F5N5O3/c28-26(29,27(30,31)32)22-6-5-19(14-23(22)40-17-20(38)16-37-12-1-2-13-37)36-25(39)21-4-3-9-34-24(21)35-15-18-7-10-33-11-8-18/h3-11,14,20,38H,1-2,12-13,15-17H2,(H,34,35)(H,36,39)/t20-/m1/s1. The Morgan fingerprint density at radius 1 is 1.05 bits per heavy atom. The SMILES string of the molecule is O=C(Nc1ccc(C(F)(F)C(F)(F)F)c(OC[C@H](O)CN2CCCC2)c1)c1cccnc1NCc1ccncc1. The third kappa shape index (κ3) is 7.21. The molecule has 1 amide bonds. The fourth-order valence-corrected chi connectivity index (χ4v) is 4.25. The number of carbonyl (C=O) groups is 1. The predicted molar refractivity (Wildman–Crippen MR) is 137 cm³/mol. The van der Waals surface area contributed by atoms with Crippen molar-refractivity contribution in [3.63, 3.8) is 0 Å². The number of anilines is 2. The molecular weight excluding hydrogens is 537 g/mol. The minimum absolute atomic E-state index is 0.0836. The zero-order chi connectivity index (χ0) is 28.8. The summed E-state index contributed by atoms with van der Waals surface area (Å²) in [5, 5.41) is 15.8. The first-order valence-electron chi connectivity index (χ1n) is 12.6. The summed E-state index contributed by atoms with van der Waals surface area (Å²) in [7, 11) is 0. The molecule has 1 aliphatic heterocycles. The normalized spacial score (nSPS) is 15.1. The van der Waals surface area contributed by atoms with Crippen LogP contribution < -0.4 is 15.4 Å². The van der Waals surface area contributed by atoms with Crippen molar-refractivity contribution in [3.05, 3.63) is 77.7 Å². The van der Waals surface area contributed by atoms with Gasteiger partial charge in [0.05, 0.1) is 11.1 Å². The van der Waals surface area contributed by atoms with Gasteiger partial charge < -0.3 is 25.4 Å². The molecule has 8 nitrogen and oxygen atoms in total. The van der Waals surface area contributed by atoms with Crippen molar-refractivity contribution in [2.75, 3.05) is 36.9 Å². The summed E-state index contributed by atoms with van der Waals surface area (Å²) in [4.78, 5) is 23.1. The van der Waals surface area contributed by atoms with Gasteiger partial charge in [-0.1, -0.05) is 0 Å². The fraction of sp³-hybridized carbons (Fsp3) is 0.370. The fourth-order valence-electron chi connectivity index (χ4n) is 4.25. The van der Waals surface area contributed by atoms with E-state index in [-0.39, 0.29) is 23.6 Å². The van der Waals surface area contributed by atoms with Crippen molar-refractivity contribution >= 4 is 17.4 Å². The van der Waals surface area contributed by atoms with Crippen molar-refractivity contribution in [1.82, 2.24) is 14.9 Å². The van der Waals surface area contributed by atoms with Crippen LogP contribution >= 0.6 is 0 Å². The molecule has 2 aromatic heterocycles. The summed E-state index contributed by atoms with van der Waals surface area (Å²) < 4.78 is 73.5. The second-order valence-corrected chi connectivity index (χ2v) is 9.32. The molecule has 0 radical (unpaired) electrons. The number of aromatic nitrogens is 2. The number of rotatable bonds is 11. The Balaban J connectivity index is 1.52. The Labute approximate surface area is 227 Å². The first-order valence-corrected chi connectivity index (χ1v) is 12.6. The summed E-state index contributed by atoms with van der Waals surface area (Å²) >= 11 is 0. The summed E-state index contributed by atoms with van der Waals surface area (Å²) in [6.07, 6.45) is -0.396. The van der Waals surface area contributed by atoms with Crippen LogP contribution in [0.15, 0.2) is 61.1 Å². The molecule has 1 saturated heterocycles. The Hall–Kier alpha value is -3.84. The van der Waals surface area contributed by atoms with Crippen LogP contribution in [0, 0.1) is 0 Å². The number of ether oxygens (including phenoxy) is 1. The lowest BCUT2D eigenvalue weighted by atomic mass is 10.1. The maximum absolute atomic E-state index is 14.3. The molecule has 0 spiro atoms. The summed E-state index contributed by atoms with van der Waals surface area (Å²) in [6, 6.07) is 8.92. The number of likely N-dealkylation sites (tertiary alicyclic amines) is 1. The average molecular weight is 566 g/mol. The Bertz CT molecular complexity index is 1290. The second-order valence-electron chi connectivity index (χ2n) is 9.32. The van der Waals surface area contributed by atoms with Gasteiger partial charge >= 0.3 is 12.1 Å². The van der Waals surface area contributed by atoms with Crippen LogP contribution in [0.3, 0.4) is 0 Å². The Kier molecular flexibility index (Phi) is 9.15. The van der Waals surface area contributed by atoms with E-state index in [1.54, 1.807) is 24.5 Å². The lowest BCUT2D eigenvalue weighted by molar-refractivity contribution is -0.289. The molecule has 4 rings (SSSR count). The number of hydrogen-bond donors (Lipinski definition) is 3. The summed E-state index contributed by atoms with van der Waals surface area (Å²) in [5.41, 5.74) is -0.515. The Morgan fingerprint density at radius 3 is 2.48 bits per heavy atom. The average Bonchev–Trinajstić information content (AvgIpc) is 3.44. The molecule has 1 aliphatic rings. The highest BCUT2D eigenvalue weighted by Gasteiger charge is 2.60. The van der Waals surface area contributed by atoms with Crippen molar-refractivity contribution in [2.24, 2.45) is 0 Å². The second kappa shape index (κ2) is 12.6. The smallest absolute Gasteiger partial charge is 0.458 e. The molecule has 3 heterocycles. The number of aliphatic hydroxyl groups excluding tert-OH is 1. The van der Waals surface area contributed by atoms with Crippen molar-refractivity contribution < 1.29 is 36.6 Å². The largest absolute Gasteiger partial charge is 0.490 e. The van der Waals surface area contributed by atoms with E-state index in [1.165, 1.54) is 18.3 Å². The van der Waals surface area contributed by atoms with Crippen LogP contribution in [0.4, 0.5) is 33.5 Å². The molecule has 13 heteroatoms. The van der Waals surface area contributed by atoms with Gasteiger partial charge in [0.15, 0.2) is 0 Å². The van der Waals surface area contributed by atoms with E-state index in [4.69, 9.17) is 4.74 Å². The summed E-state index contributed by atoms with van der Waals surface area (Å²) in [6.45, 7) is 1.52. The van der Waals surface area contributed by atoms with E-state index in [2.05, 4.69) is 20.6 Å². The zero-order valence-electron chi connectivity index (χ0n) is 21.3. The molecule has 1 fully saturated rings. The molecular formula is C27H28F5N5O3. The lowest BCUT2D eigenvalue weighted by Gasteiger charge is -2.24.